The Morgan fingerprint density at radius 3 is 2.33 bits per heavy atom. The van der Waals surface area contributed by atoms with Crippen LogP contribution < -0.4 is 16.4 Å². The van der Waals surface area contributed by atoms with Gasteiger partial charge >= 0.3 is 5.97 Å². The number of rotatable bonds is 6. The largest absolute Gasteiger partial charge is 0.480 e. The SMILES string of the molecule is NC(C[SiH3])C(=O)NCC(=O)NCC(=O)O. The van der Waals surface area contributed by atoms with E-state index in [1.165, 1.54) is 0 Å². The molecule has 0 heterocycles. The molecule has 0 aromatic rings. The lowest BCUT2D eigenvalue weighted by Gasteiger charge is -2.09. The second-order valence-corrected chi connectivity index (χ2v) is 3.72. The molecule has 1 unspecified atom stereocenters. The number of carbonyl (C=O) groups excluding carboxylic acids is 2. The first-order chi connectivity index (χ1) is 6.97. The maximum atomic E-state index is 11.1. The molecule has 0 aliphatic carbocycles. The van der Waals surface area contributed by atoms with Gasteiger partial charge in [-0.25, -0.2) is 0 Å². The van der Waals surface area contributed by atoms with Gasteiger partial charge in [0.25, 0.3) is 0 Å². The van der Waals surface area contributed by atoms with Crippen LogP contribution >= 0.6 is 0 Å². The van der Waals surface area contributed by atoms with Crippen molar-refractivity contribution in [2.45, 2.75) is 12.1 Å². The fraction of sp³-hybridized carbons (Fsp3) is 0.571. The number of amides is 2. The van der Waals surface area contributed by atoms with E-state index in [-0.39, 0.29) is 6.54 Å². The van der Waals surface area contributed by atoms with Gasteiger partial charge in [0.1, 0.15) is 6.54 Å². The minimum absolute atomic E-state index is 0.249. The van der Waals surface area contributed by atoms with Gasteiger partial charge < -0.3 is 21.5 Å². The highest BCUT2D eigenvalue weighted by Crippen LogP contribution is 1.82. The Labute approximate surface area is 89.8 Å². The predicted molar refractivity (Wildman–Crippen MR) is 56.4 cm³/mol. The monoisotopic (exact) mass is 233 g/mol. The summed E-state index contributed by atoms with van der Waals surface area (Å²) in [6.45, 7) is -0.706. The maximum absolute atomic E-state index is 11.1. The summed E-state index contributed by atoms with van der Waals surface area (Å²) in [6, 6.07) is 0.0340. The fourth-order valence-electron chi connectivity index (χ4n) is 0.721. The highest BCUT2D eigenvalue weighted by Gasteiger charge is 2.11. The van der Waals surface area contributed by atoms with Crippen molar-refractivity contribution in [1.82, 2.24) is 10.6 Å². The van der Waals surface area contributed by atoms with Crippen LogP contribution in [-0.2, 0) is 14.4 Å². The van der Waals surface area contributed by atoms with Crippen LogP contribution in [0, 0.1) is 0 Å². The average Bonchev–Trinajstić information content (AvgIpc) is 2.21. The number of aliphatic carboxylic acids is 1. The van der Waals surface area contributed by atoms with Crippen molar-refractivity contribution in [2.24, 2.45) is 5.73 Å². The molecule has 0 aliphatic heterocycles. The number of carbonyl (C=O) groups is 3. The molecule has 0 fully saturated rings. The van der Waals surface area contributed by atoms with Crippen LogP contribution in [0.3, 0.4) is 0 Å². The molecule has 86 valence electrons. The fourth-order valence-corrected chi connectivity index (χ4v) is 1.09. The van der Waals surface area contributed by atoms with E-state index in [0.29, 0.717) is 6.04 Å². The first-order valence-corrected chi connectivity index (χ1v) is 5.90. The van der Waals surface area contributed by atoms with Crippen molar-refractivity contribution < 1.29 is 19.5 Å². The molecule has 8 heteroatoms. The molecule has 1 atom stereocenters. The lowest BCUT2D eigenvalue weighted by Crippen LogP contribution is -2.45. The Morgan fingerprint density at radius 2 is 1.87 bits per heavy atom. The van der Waals surface area contributed by atoms with Gasteiger partial charge in [-0.15, -0.1) is 0 Å². The Balaban J connectivity index is 3.71. The predicted octanol–water partition coefficient (Wildman–Crippen LogP) is -3.59. The minimum Gasteiger partial charge on any atom is -0.480 e. The molecule has 0 rings (SSSR count). The van der Waals surface area contributed by atoms with E-state index in [1.807, 2.05) is 0 Å². The van der Waals surface area contributed by atoms with Crippen molar-refractivity contribution in [3.05, 3.63) is 0 Å². The van der Waals surface area contributed by atoms with E-state index in [0.717, 1.165) is 10.2 Å². The molecule has 0 saturated carbocycles. The molecular formula is C7H15N3O4Si. The van der Waals surface area contributed by atoms with Gasteiger partial charge in [-0.3, -0.25) is 14.4 Å². The smallest absolute Gasteiger partial charge is 0.322 e. The molecule has 15 heavy (non-hydrogen) atoms. The first kappa shape index (κ1) is 13.6. The standard InChI is InChI=1S/C7H15N3O4Si/c8-4(3-15)7(14)10-1-5(11)9-2-6(12)13/h4H,1-3,8H2,15H3,(H,9,11)(H,10,14)(H,12,13). The second kappa shape index (κ2) is 6.96. The zero-order valence-electron chi connectivity index (χ0n) is 8.45. The molecule has 0 aromatic heterocycles. The number of hydrogen-bond donors (Lipinski definition) is 4. The zero-order valence-corrected chi connectivity index (χ0v) is 10.4. The summed E-state index contributed by atoms with van der Waals surface area (Å²) in [5, 5.41) is 12.7. The average molecular weight is 233 g/mol. The van der Waals surface area contributed by atoms with Gasteiger partial charge in [0.15, 0.2) is 0 Å². The van der Waals surface area contributed by atoms with Crippen molar-refractivity contribution in [3.63, 3.8) is 0 Å². The maximum Gasteiger partial charge on any atom is 0.322 e. The van der Waals surface area contributed by atoms with Gasteiger partial charge in [0, 0.05) is 10.2 Å². The number of nitrogens with two attached hydrogens (primary N) is 1. The summed E-state index contributed by atoms with van der Waals surface area (Å²) >= 11 is 0. The van der Waals surface area contributed by atoms with Gasteiger partial charge in [-0.2, -0.15) is 0 Å². The Kier molecular flexibility index (Phi) is 6.30. The highest BCUT2D eigenvalue weighted by molar-refractivity contribution is 6.11. The van der Waals surface area contributed by atoms with E-state index in [1.54, 1.807) is 0 Å². The molecule has 2 amide bonds. The van der Waals surface area contributed by atoms with Crippen LogP contribution in [0.4, 0.5) is 0 Å². The molecule has 0 aromatic carbocycles. The van der Waals surface area contributed by atoms with E-state index >= 15 is 0 Å². The van der Waals surface area contributed by atoms with Gasteiger partial charge in [0.2, 0.25) is 11.8 Å². The molecule has 0 saturated heterocycles. The summed E-state index contributed by atoms with van der Waals surface area (Å²) < 4.78 is 0. The molecule has 0 spiro atoms. The summed E-state index contributed by atoms with van der Waals surface area (Å²) in [5.41, 5.74) is 5.42. The van der Waals surface area contributed by atoms with E-state index in [4.69, 9.17) is 10.8 Å². The lowest BCUT2D eigenvalue weighted by atomic mass is 10.3. The number of carboxylic acid groups (broad SMARTS) is 1. The summed E-state index contributed by atoms with van der Waals surface area (Å²) in [6.07, 6.45) is 0. The highest BCUT2D eigenvalue weighted by atomic mass is 28.1. The zero-order chi connectivity index (χ0) is 11.8. The second-order valence-electron chi connectivity index (χ2n) is 2.90. The van der Waals surface area contributed by atoms with Crippen LogP contribution in [0.2, 0.25) is 6.04 Å². The summed E-state index contributed by atoms with van der Waals surface area (Å²) in [7, 11) is 0.809. The molecular weight excluding hydrogens is 218 g/mol. The van der Waals surface area contributed by atoms with Crippen molar-refractivity contribution in [2.75, 3.05) is 13.1 Å². The van der Waals surface area contributed by atoms with E-state index < -0.39 is 30.4 Å². The minimum atomic E-state index is -1.13. The van der Waals surface area contributed by atoms with E-state index in [9.17, 15) is 14.4 Å². The molecule has 0 aliphatic rings. The summed E-state index contributed by atoms with van der Waals surface area (Å²) in [5.74, 6) is -2.08. The van der Waals surface area contributed by atoms with Crippen molar-refractivity contribution in [3.8, 4) is 0 Å². The van der Waals surface area contributed by atoms with Crippen LogP contribution in [-0.4, -0.2) is 52.3 Å². The van der Waals surface area contributed by atoms with Crippen LogP contribution in [0.25, 0.3) is 0 Å². The van der Waals surface area contributed by atoms with E-state index in [2.05, 4.69) is 10.6 Å². The van der Waals surface area contributed by atoms with Crippen LogP contribution in [0.1, 0.15) is 0 Å². The molecule has 0 radical (unpaired) electrons. The Morgan fingerprint density at radius 1 is 1.27 bits per heavy atom. The summed E-state index contributed by atoms with van der Waals surface area (Å²) in [4.78, 5) is 32.1. The third kappa shape index (κ3) is 6.63. The van der Waals surface area contributed by atoms with Gasteiger partial charge in [0.05, 0.1) is 12.6 Å². The quantitative estimate of drug-likeness (QED) is 0.353. The molecule has 5 N–H and O–H groups in total. The normalized spacial score (nSPS) is 11.8. The Bertz CT molecular complexity index is 259. The molecule has 0 bridgehead atoms. The number of nitrogens with one attached hydrogen (secondary N) is 2. The lowest BCUT2D eigenvalue weighted by molar-refractivity contribution is -0.137. The number of carboxylic acids is 1. The van der Waals surface area contributed by atoms with Crippen LogP contribution in [0.5, 0.6) is 0 Å². The third-order valence-corrected chi connectivity index (χ3v) is 2.52. The van der Waals surface area contributed by atoms with Crippen molar-refractivity contribution >= 4 is 28.0 Å². The van der Waals surface area contributed by atoms with Crippen molar-refractivity contribution in [1.29, 1.82) is 0 Å². The molecule has 7 nitrogen and oxygen atoms in total. The third-order valence-electron chi connectivity index (χ3n) is 1.64. The number of hydrogen-bond acceptors (Lipinski definition) is 4. The Hall–Kier alpha value is -1.41. The first-order valence-electron chi connectivity index (χ1n) is 4.49. The van der Waals surface area contributed by atoms with Gasteiger partial charge in [-0.1, -0.05) is 0 Å². The topological polar surface area (TPSA) is 122 Å². The van der Waals surface area contributed by atoms with Gasteiger partial charge in [-0.05, 0) is 6.04 Å². The van der Waals surface area contributed by atoms with Crippen LogP contribution in [0.15, 0.2) is 0 Å².